The molecular formula is C24H29N3O4. The first kappa shape index (κ1) is 21.2. The molecule has 0 unspecified atom stereocenters. The van der Waals surface area contributed by atoms with Gasteiger partial charge in [-0.15, -0.1) is 0 Å². The fourth-order valence-corrected chi connectivity index (χ4v) is 4.84. The van der Waals surface area contributed by atoms with Gasteiger partial charge in [0.1, 0.15) is 0 Å². The van der Waals surface area contributed by atoms with E-state index in [1.54, 1.807) is 43.6 Å². The molecule has 1 aliphatic heterocycles. The number of pyridine rings is 1. The molecule has 0 radical (unpaired) electrons. The second-order valence-electron chi connectivity index (χ2n) is 8.26. The zero-order valence-electron chi connectivity index (χ0n) is 18.3. The molecule has 1 aromatic carbocycles. The van der Waals surface area contributed by atoms with Gasteiger partial charge in [0.2, 0.25) is 5.91 Å². The van der Waals surface area contributed by atoms with E-state index in [9.17, 15) is 9.59 Å². The van der Waals surface area contributed by atoms with Gasteiger partial charge in [-0.2, -0.15) is 0 Å². The van der Waals surface area contributed by atoms with Crippen molar-refractivity contribution in [2.75, 3.05) is 21.3 Å². The molecular weight excluding hydrogens is 394 g/mol. The van der Waals surface area contributed by atoms with Crippen LogP contribution in [0.5, 0.6) is 11.5 Å². The summed E-state index contributed by atoms with van der Waals surface area (Å²) in [4.78, 5) is 32.8. The Hall–Kier alpha value is -3.09. The maximum atomic E-state index is 13.7. The molecule has 4 rings (SSSR count). The molecule has 164 valence electrons. The predicted molar refractivity (Wildman–Crippen MR) is 116 cm³/mol. The van der Waals surface area contributed by atoms with E-state index in [1.807, 2.05) is 12.1 Å². The number of fused-ring (bicyclic) bond motifs is 1. The number of carbonyl (C=O) groups excluding carboxylic acids is 2. The molecule has 1 saturated carbocycles. The minimum atomic E-state index is -0.580. The van der Waals surface area contributed by atoms with Gasteiger partial charge in [0.25, 0.3) is 5.91 Å². The van der Waals surface area contributed by atoms with Crippen molar-refractivity contribution >= 4 is 11.8 Å². The molecule has 2 aromatic rings. The summed E-state index contributed by atoms with van der Waals surface area (Å²) in [5, 5.41) is 3.26. The lowest BCUT2D eigenvalue weighted by Crippen LogP contribution is -2.48. The number of carbonyl (C=O) groups is 2. The smallest absolute Gasteiger partial charge is 0.254 e. The minimum absolute atomic E-state index is 0.0754. The fraction of sp³-hybridized carbons (Fsp3) is 0.458. The van der Waals surface area contributed by atoms with E-state index in [1.165, 1.54) is 13.5 Å². The van der Waals surface area contributed by atoms with Crippen molar-refractivity contribution in [1.82, 2.24) is 15.2 Å². The molecule has 0 saturated heterocycles. The molecule has 2 heterocycles. The van der Waals surface area contributed by atoms with Crippen LogP contribution in [0.4, 0.5) is 0 Å². The minimum Gasteiger partial charge on any atom is -0.493 e. The van der Waals surface area contributed by atoms with Crippen molar-refractivity contribution in [2.24, 2.45) is 0 Å². The first-order valence-corrected chi connectivity index (χ1v) is 10.8. The van der Waals surface area contributed by atoms with Crippen molar-refractivity contribution in [3.63, 3.8) is 0 Å². The molecule has 1 aromatic heterocycles. The number of rotatable bonds is 5. The van der Waals surface area contributed by atoms with E-state index in [2.05, 4.69) is 10.3 Å². The number of methoxy groups -OCH3 is 2. The van der Waals surface area contributed by atoms with E-state index >= 15 is 0 Å². The van der Waals surface area contributed by atoms with Gasteiger partial charge >= 0.3 is 0 Å². The van der Waals surface area contributed by atoms with Crippen LogP contribution in [0.15, 0.2) is 36.7 Å². The second kappa shape index (κ2) is 8.96. The quantitative estimate of drug-likeness (QED) is 0.797. The lowest BCUT2D eigenvalue weighted by molar-refractivity contribution is -0.125. The predicted octanol–water partition coefficient (Wildman–Crippen LogP) is 3.46. The topological polar surface area (TPSA) is 80.8 Å². The van der Waals surface area contributed by atoms with Crippen molar-refractivity contribution in [3.05, 3.63) is 53.3 Å². The highest BCUT2D eigenvalue weighted by Crippen LogP contribution is 2.45. The zero-order chi connectivity index (χ0) is 22.0. The Morgan fingerprint density at radius 3 is 2.48 bits per heavy atom. The lowest BCUT2D eigenvalue weighted by atomic mass is 9.79. The molecule has 7 nitrogen and oxygen atoms in total. The van der Waals surface area contributed by atoms with Crippen LogP contribution in [-0.4, -0.2) is 49.0 Å². The highest BCUT2D eigenvalue weighted by atomic mass is 16.5. The number of benzene rings is 1. The monoisotopic (exact) mass is 423 g/mol. The van der Waals surface area contributed by atoms with Gasteiger partial charge in [0, 0.05) is 31.0 Å². The van der Waals surface area contributed by atoms with Gasteiger partial charge in [0.15, 0.2) is 11.5 Å². The van der Waals surface area contributed by atoms with Crippen LogP contribution in [0.1, 0.15) is 65.5 Å². The summed E-state index contributed by atoms with van der Waals surface area (Å²) in [5.74, 6) is 0.150. The SMILES string of the molecule is COc1cc2c(cc1OC)[C@@H](C(=O)NC1CCCCC1)[C@H](c1cccnc1)N(C)C2=O. The van der Waals surface area contributed by atoms with E-state index in [0.717, 1.165) is 31.2 Å². The van der Waals surface area contributed by atoms with Gasteiger partial charge in [0.05, 0.1) is 26.2 Å². The molecule has 0 spiro atoms. The first-order valence-electron chi connectivity index (χ1n) is 10.8. The molecule has 2 amide bonds. The van der Waals surface area contributed by atoms with Gasteiger partial charge in [-0.1, -0.05) is 25.3 Å². The lowest BCUT2D eigenvalue weighted by Gasteiger charge is -2.40. The summed E-state index contributed by atoms with van der Waals surface area (Å²) in [6, 6.07) is 6.89. The summed E-state index contributed by atoms with van der Waals surface area (Å²) < 4.78 is 10.9. The molecule has 1 aliphatic carbocycles. The third kappa shape index (κ3) is 3.96. The van der Waals surface area contributed by atoms with Crippen LogP contribution in [-0.2, 0) is 4.79 Å². The van der Waals surface area contributed by atoms with Crippen LogP contribution in [0.2, 0.25) is 0 Å². The first-order chi connectivity index (χ1) is 15.0. The van der Waals surface area contributed by atoms with E-state index in [0.29, 0.717) is 22.6 Å². The summed E-state index contributed by atoms with van der Waals surface area (Å²) >= 11 is 0. The molecule has 31 heavy (non-hydrogen) atoms. The van der Waals surface area contributed by atoms with E-state index in [-0.39, 0.29) is 17.9 Å². The molecule has 2 atom stereocenters. The third-order valence-corrected chi connectivity index (χ3v) is 6.43. The molecule has 1 N–H and O–H groups in total. The van der Waals surface area contributed by atoms with Crippen molar-refractivity contribution in [1.29, 1.82) is 0 Å². The Balaban J connectivity index is 1.82. The maximum Gasteiger partial charge on any atom is 0.254 e. The average Bonchev–Trinajstić information content (AvgIpc) is 2.81. The zero-order valence-corrected chi connectivity index (χ0v) is 18.3. The second-order valence-corrected chi connectivity index (χ2v) is 8.26. The maximum absolute atomic E-state index is 13.7. The Morgan fingerprint density at radius 2 is 1.84 bits per heavy atom. The fourth-order valence-electron chi connectivity index (χ4n) is 4.84. The Bertz CT molecular complexity index is 957. The van der Waals surface area contributed by atoms with Crippen molar-refractivity contribution in [3.8, 4) is 11.5 Å². The average molecular weight is 424 g/mol. The van der Waals surface area contributed by atoms with Gasteiger partial charge in [-0.25, -0.2) is 0 Å². The third-order valence-electron chi connectivity index (χ3n) is 6.43. The van der Waals surface area contributed by atoms with Crippen LogP contribution in [0.3, 0.4) is 0 Å². The highest BCUT2D eigenvalue weighted by Gasteiger charge is 2.44. The number of likely N-dealkylation sites (N-methyl/N-ethyl adjacent to an activating group) is 1. The number of nitrogens with one attached hydrogen (secondary N) is 1. The Labute approximate surface area is 182 Å². The number of nitrogens with zero attached hydrogens (tertiary/aromatic N) is 2. The van der Waals surface area contributed by atoms with Crippen LogP contribution < -0.4 is 14.8 Å². The van der Waals surface area contributed by atoms with Crippen LogP contribution in [0.25, 0.3) is 0 Å². The number of aromatic nitrogens is 1. The molecule has 2 aliphatic rings. The Morgan fingerprint density at radius 1 is 1.13 bits per heavy atom. The molecule has 0 bridgehead atoms. The summed E-state index contributed by atoms with van der Waals surface area (Å²) in [5.41, 5.74) is 1.94. The van der Waals surface area contributed by atoms with Gasteiger partial charge in [-0.05, 0) is 42.2 Å². The summed E-state index contributed by atoms with van der Waals surface area (Å²) in [6.45, 7) is 0. The molecule has 7 heteroatoms. The van der Waals surface area contributed by atoms with Gasteiger partial charge in [-0.3, -0.25) is 14.6 Å². The van der Waals surface area contributed by atoms with Crippen LogP contribution in [0, 0.1) is 0 Å². The summed E-state index contributed by atoms with van der Waals surface area (Å²) in [7, 11) is 4.82. The van der Waals surface area contributed by atoms with Gasteiger partial charge < -0.3 is 19.7 Å². The number of ether oxygens (including phenoxy) is 2. The standard InChI is InChI=1S/C24H29N3O4/c1-27-22(15-8-7-11-25-14-15)21(23(28)26-16-9-5-4-6-10-16)17-12-19(30-2)20(31-3)13-18(17)24(27)29/h7-8,11-14,16,21-22H,4-6,9-10H2,1-3H3,(H,26,28)/t21-,22+/m1/s1. The van der Waals surface area contributed by atoms with Crippen molar-refractivity contribution < 1.29 is 19.1 Å². The van der Waals surface area contributed by atoms with Crippen LogP contribution >= 0.6 is 0 Å². The number of hydrogen-bond donors (Lipinski definition) is 1. The van der Waals surface area contributed by atoms with E-state index in [4.69, 9.17) is 9.47 Å². The van der Waals surface area contributed by atoms with E-state index < -0.39 is 12.0 Å². The normalized spacial score (nSPS) is 21.4. The number of hydrogen-bond acceptors (Lipinski definition) is 5. The highest BCUT2D eigenvalue weighted by molar-refractivity contribution is 6.02. The number of amides is 2. The largest absolute Gasteiger partial charge is 0.493 e. The molecule has 1 fully saturated rings. The Kier molecular flexibility index (Phi) is 6.11. The van der Waals surface area contributed by atoms with Crippen molar-refractivity contribution in [2.45, 2.75) is 50.1 Å². The summed E-state index contributed by atoms with van der Waals surface area (Å²) in [6.07, 6.45) is 8.86.